The quantitative estimate of drug-likeness (QED) is 0.196. The molecule has 48 heavy (non-hydrogen) atoms. The van der Waals surface area contributed by atoms with E-state index < -0.39 is 6.04 Å². The predicted molar refractivity (Wildman–Crippen MR) is 206 cm³/mol. The van der Waals surface area contributed by atoms with Crippen LogP contribution in [0.5, 0.6) is 0 Å². The molecule has 5 N–H and O–H groups in total. The van der Waals surface area contributed by atoms with E-state index in [0.29, 0.717) is 16.5 Å². The number of anilines is 2. The van der Waals surface area contributed by atoms with E-state index in [1.54, 1.807) is 37.2 Å². The van der Waals surface area contributed by atoms with Crippen molar-refractivity contribution in [3.63, 3.8) is 0 Å². The number of fused-ring (bicyclic) bond motifs is 4. The zero-order valence-corrected chi connectivity index (χ0v) is 30.2. The number of thiol groups is 1. The molecule has 0 radical (unpaired) electrons. The Balaban J connectivity index is 0.000000209. The summed E-state index contributed by atoms with van der Waals surface area (Å²) in [6, 6.07) is 10.0. The number of nitriles is 1. The fraction of sp³-hybridized carbons (Fsp3) is 0.438. The standard InChI is InChI=1S/C15H16N4OS2.C11H9N3S.C4H10N2OS.CH4O.CH4/c1-16-13(20)10-7-21-14(18-10)15-17-9-5-8-3-4-19(2)11(8)6-12(9)22-15;1-14-3-2-7-4-8-10(5-9(7)14)15-11(6-12)13-8;1-6-4(7)3(5)2-8;1-2;/h5-6,10H,3-4,7H2,1-2H3,(H,16,20);4-5H,2-3H2,1H3;3,8H,2,5H2,1H3,(H,6,7);2H,1H3;1H4/t10-;;3-;;/m1.1../s1. The van der Waals surface area contributed by atoms with Gasteiger partial charge in [0.15, 0.2) is 5.01 Å². The van der Waals surface area contributed by atoms with Crippen LogP contribution in [0.4, 0.5) is 11.4 Å². The lowest BCUT2D eigenvalue weighted by Gasteiger charge is -2.10. The first-order valence-electron chi connectivity index (χ1n) is 14.8. The Kier molecular flexibility index (Phi) is 14.5. The van der Waals surface area contributed by atoms with Gasteiger partial charge in [0.05, 0.1) is 26.5 Å². The molecule has 2 aromatic carbocycles. The van der Waals surface area contributed by atoms with Crippen LogP contribution >= 0.6 is 47.1 Å². The van der Waals surface area contributed by atoms with E-state index in [1.165, 1.54) is 38.5 Å². The average molecular weight is 730 g/mol. The number of carbonyl (C=O) groups is 2. The van der Waals surface area contributed by atoms with Crippen LogP contribution < -0.4 is 26.2 Å². The number of hydrogen-bond donors (Lipinski definition) is 5. The number of nitrogens with two attached hydrogens (primary N) is 1. The molecule has 12 nitrogen and oxygen atoms in total. The summed E-state index contributed by atoms with van der Waals surface area (Å²) in [5.74, 6) is 0.897. The topological polar surface area (TPSA) is 173 Å². The number of hydrogen-bond acceptors (Lipinski definition) is 14. The lowest BCUT2D eigenvalue weighted by molar-refractivity contribution is -0.122. The van der Waals surface area contributed by atoms with Crippen molar-refractivity contribution in [3.8, 4) is 6.07 Å². The number of aliphatic hydroxyl groups is 1. The molecule has 258 valence electrons. The van der Waals surface area contributed by atoms with Gasteiger partial charge in [0, 0.05) is 71.3 Å². The lowest BCUT2D eigenvalue weighted by atomic mass is 10.1. The summed E-state index contributed by atoms with van der Waals surface area (Å²) in [5.41, 5.74) is 12.6. The highest BCUT2D eigenvalue weighted by Gasteiger charge is 2.27. The van der Waals surface area contributed by atoms with Crippen LogP contribution in [0.2, 0.25) is 0 Å². The number of aliphatic hydroxyl groups excluding tert-OH is 1. The predicted octanol–water partition coefficient (Wildman–Crippen LogP) is 3.29. The number of nitrogens with one attached hydrogen (secondary N) is 2. The van der Waals surface area contributed by atoms with Gasteiger partial charge in [0.25, 0.3) is 0 Å². The number of nitrogens with zero attached hydrogens (tertiary/aromatic N) is 6. The zero-order valence-electron chi connectivity index (χ0n) is 26.9. The lowest BCUT2D eigenvalue weighted by Crippen LogP contribution is -2.39. The minimum Gasteiger partial charge on any atom is -0.400 e. The third-order valence-electron chi connectivity index (χ3n) is 7.69. The van der Waals surface area contributed by atoms with Gasteiger partial charge in [-0.15, -0.1) is 34.4 Å². The SMILES string of the molecule is C.CN1CCc2cc3nc(C#N)sc3cc21.CNC(=O)[C@H](N)CS.CNC(=O)[C@H]1CSC(c2nc3cc4c(cc3s2)N(C)CC4)=N1.CO. The maximum Gasteiger partial charge on any atom is 0.245 e. The third-order valence-corrected chi connectivity index (χ3v) is 11.2. The Labute approximate surface area is 299 Å². The van der Waals surface area contributed by atoms with Gasteiger partial charge < -0.3 is 31.3 Å². The summed E-state index contributed by atoms with van der Waals surface area (Å²) >= 11 is 8.57. The third kappa shape index (κ3) is 8.76. The molecule has 2 aromatic heterocycles. The minimum atomic E-state index is -0.469. The van der Waals surface area contributed by atoms with E-state index >= 15 is 0 Å². The van der Waals surface area contributed by atoms with E-state index in [0.717, 1.165) is 58.8 Å². The Hall–Kier alpha value is -3.46. The number of carbonyl (C=O) groups excluding carboxylic acids is 2. The van der Waals surface area contributed by atoms with E-state index in [-0.39, 0.29) is 25.3 Å². The molecule has 3 aliphatic rings. The molecule has 2 atom stereocenters. The van der Waals surface area contributed by atoms with Gasteiger partial charge in [-0.2, -0.15) is 17.9 Å². The fourth-order valence-corrected chi connectivity index (χ4v) is 8.17. The van der Waals surface area contributed by atoms with Crippen molar-refractivity contribution in [1.29, 1.82) is 5.26 Å². The van der Waals surface area contributed by atoms with Crippen molar-refractivity contribution in [2.24, 2.45) is 10.7 Å². The number of thioether (sulfide) groups is 1. The Morgan fingerprint density at radius 1 is 1.02 bits per heavy atom. The van der Waals surface area contributed by atoms with Crippen LogP contribution in [0, 0.1) is 11.3 Å². The van der Waals surface area contributed by atoms with Crippen molar-refractivity contribution in [1.82, 2.24) is 20.6 Å². The summed E-state index contributed by atoms with van der Waals surface area (Å²) in [7, 11) is 8.43. The van der Waals surface area contributed by atoms with Crippen LogP contribution in [-0.4, -0.2) is 104 Å². The number of benzene rings is 2. The fourth-order valence-electron chi connectivity index (χ4n) is 5.14. The first-order chi connectivity index (χ1) is 22.6. The smallest absolute Gasteiger partial charge is 0.245 e. The number of aromatic nitrogens is 2. The summed E-state index contributed by atoms with van der Waals surface area (Å²) < 4.78 is 2.30. The number of amides is 2. The van der Waals surface area contributed by atoms with Gasteiger partial charge >= 0.3 is 0 Å². The molecule has 0 saturated heterocycles. The number of aliphatic imine (C=N–C) groups is 1. The molecule has 4 aromatic rings. The van der Waals surface area contributed by atoms with Crippen molar-refractivity contribution < 1.29 is 14.7 Å². The molecule has 2 amide bonds. The van der Waals surface area contributed by atoms with E-state index in [1.807, 2.05) is 0 Å². The molecular formula is C32H43N9O3S4. The Morgan fingerprint density at radius 2 is 1.58 bits per heavy atom. The molecule has 0 fully saturated rings. The monoisotopic (exact) mass is 729 g/mol. The van der Waals surface area contributed by atoms with Crippen molar-refractivity contribution in [3.05, 3.63) is 45.4 Å². The van der Waals surface area contributed by atoms with Gasteiger partial charge in [-0.3, -0.25) is 14.6 Å². The number of thiazole rings is 2. The molecule has 0 saturated carbocycles. The molecular weight excluding hydrogens is 687 g/mol. The van der Waals surface area contributed by atoms with Crippen LogP contribution in [-0.2, 0) is 22.4 Å². The molecule has 0 spiro atoms. The average Bonchev–Trinajstić information content (AvgIpc) is 3.94. The van der Waals surface area contributed by atoms with Crippen LogP contribution in [0.25, 0.3) is 20.4 Å². The van der Waals surface area contributed by atoms with Crippen molar-refractivity contribution in [2.45, 2.75) is 32.4 Å². The first kappa shape index (κ1) is 39.0. The summed E-state index contributed by atoms with van der Waals surface area (Å²) in [4.78, 5) is 40.2. The van der Waals surface area contributed by atoms with E-state index in [4.69, 9.17) is 21.1 Å². The van der Waals surface area contributed by atoms with Crippen LogP contribution in [0.15, 0.2) is 29.3 Å². The minimum absolute atomic E-state index is 0. The highest BCUT2D eigenvalue weighted by molar-refractivity contribution is 8.15. The van der Waals surface area contributed by atoms with Gasteiger partial charge in [-0.1, -0.05) is 7.43 Å². The molecule has 7 rings (SSSR count). The first-order valence-corrected chi connectivity index (χ1v) is 18.0. The molecule has 0 unspecified atom stereocenters. The summed E-state index contributed by atoms with van der Waals surface area (Å²) in [5, 5.41) is 23.2. The molecule has 0 bridgehead atoms. The van der Waals surface area contributed by atoms with Crippen LogP contribution in [0.1, 0.15) is 28.6 Å². The molecule has 16 heteroatoms. The van der Waals surface area contributed by atoms with E-state index in [9.17, 15) is 9.59 Å². The normalized spacial score (nSPS) is 16.1. The largest absolute Gasteiger partial charge is 0.400 e. The maximum atomic E-state index is 11.7. The maximum absolute atomic E-state index is 11.7. The number of rotatable bonds is 4. The van der Waals surface area contributed by atoms with Crippen molar-refractivity contribution >= 4 is 95.7 Å². The molecule has 3 aliphatic heterocycles. The molecule has 5 heterocycles. The van der Waals surface area contributed by atoms with E-state index in [2.05, 4.69) is 87.5 Å². The summed E-state index contributed by atoms with van der Waals surface area (Å²) in [6.45, 7) is 2.16. The Morgan fingerprint density at radius 3 is 2.08 bits per heavy atom. The van der Waals surface area contributed by atoms with Crippen LogP contribution in [0.3, 0.4) is 0 Å². The van der Waals surface area contributed by atoms with Gasteiger partial charge in [0.1, 0.15) is 22.2 Å². The van der Waals surface area contributed by atoms with Gasteiger partial charge in [-0.05, 0) is 48.2 Å². The van der Waals surface area contributed by atoms with Gasteiger partial charge in [0.2, 0.25) is 11.8 Å². The zero-order chi connectivity index (χ0) is 34.2. The highest BCUT2D eigenvalue weighted by Crippen LogP contribution is 2.36. The molecule has 0 aliphatic carbocycles. The number of likely N-dealkylation sites (N-methyl/N-ethyl adjacent to an activating group) is 4. The second-order valence-corrected chi connectivity index (χ2v) is 14.1. The van der Waals surface area contributed by atoms with Crippen molar-refractivity contribution in [2.75, 3.05) is 69.7 Å². The summed E-state index contributed by atoms with van der Waals surface area (Å²) in [6.07, 6.45) is 2.17. The van der Waals surface area contributed by atoms with Gasteiger partial charge in [-0.25, -0.2) is 9.97 Å². The second-order valence-electron chi connectivity index (χ2n) is 10.7. The highest BCUT2D eigenvalue weighted by atomic mass is 32.2. The Bertz CT molecular complexity index is 1820. The second kappa shape index (κ2) is 17.8.